The molecule has 0 aliphatic rings. The van der Waals surface area contributed by atoms with Gasteiger partial charge in [0.2, 0.25) is 0 Å². The second-order valence-electron chi connectivity index (χ2n) is 12.8. The van der Waals surface area contributed by atoms with E-state index in [0.29, 0.717) is 5.82 Å². The Morgan fingerprint density at radius 1 is 0.353 bits per heavy atom. The summed E-state index contributed by atoms with van der Waals surface area (Å²) in [6.45, 7) is 0. The lowest BCUT2D eigenvalue weighted by atomic mass is 9.97. The summed E-state index contributed by atoms with van der Waals surface area (Å²) in [7, 11) is 0. The van der Waals surface area contributed by atoms with Crippen LogP contribution in [-0.2, 0) is 0 Å². The highest BCUT2D eigenvalue weighted by Crippen LogP contribution is 2.44. The van der Waals surface area contributed by atoms with Gasteiger partial charge in [-0.05, 0) is 35.4 Å². The molecule has 10 rings (SSSR count). The summed E-state index contributed by atoms with van der Waals surface area (Å²) < 4.78 is 2.53. The average molecular weight is 668 g/mol. The lowest BCUT2D eigenvalue weighted by molar-refractivity contribution is 1.18. The molecule has 0 radical (unpaired) electrons. The molecule has 0 aliphatic carbocycles. The minimum atomic E-state index is 0.712. The van der Waals surface area contributed by atoms with Gasteiger partial charge in [-0.2, -0.15) is 0 Å². The first kappa shape index (κ1) is 29.4. The Labute approximate surface area is 299 Å². The predicted molar refractivity (Wildman–Crippen MR) is 215 cm³/mol. The van der Waals surface area contributed by atoms with Crippen LogP contribution in [-0.4, -0.2) is 15.0 Å². The van der Waals surface area contributed by atoms with Gasteiger partial charge in [-0.25, -0.2) is 15.0 Å². The number of hydrogen-bond acceptors (Lipinski definition) is 4. The Morgan fingerprint density at radius 3 is 1.67 bits per heavy atom. The van der Waals surface area contributed by atoms with E-state index < -0.39 is 0 Å². The van der Waals surface area contributed by atoms with Crippen molar-refractivity contribution >= 4 is 53.2 Å². The summed E-state index contributed by atoms with van der Waals surface area (Å²) in [5.41, 5.74) is 10.4. The van der Waals surface area contributed by atoms with Crippen molar-refractivity contribution in [3.63, 3.8) is 0 Å². The summed E-state index contributed by atoms with van der Waals surface area (Å²) in [6.07, 6.45) is 0. The fraction of sp³-hybridized carbons (Fsp3) is 0. The number of rotatable bonds is 5. The van der Waals surface area contributed by atoms with Gasteiger partial charge in [-0.3, -0.25) is 0 Å². The summed E-state index contributed by atoms with van der Waals surface area (Å²) >= 11 is 1.85. The smallest absolute Gasteiger partial charge is 0.160 e. The van der Waals surface area contributed by atoms with Crippen molar-refractivity contribution in [2.24, 2.45) is 0 Å². The molecule has 0 bridgehead atoms. The normalized spacial score (nSPS) is 11.5. The topological polar surface area (TPSA) is 38.7 Å². The second kappa shape index (κ2) is 12.1. The molecule has 3 aromatic heterocycles. The van der Waals surface area contributed by atoms with Crippen LogP contribution in [0.15, 0.2) is 176 Å². The van der Waals surface area contributed by atoms with E-state index in [-0.39, 0.29) is 0 Å². The van der Waals surface area contributed by atoms with Crippen LogP contribution in [0.2, 0.25) is 0 Å². The molecule has 0 fully saturated rings. The van der Waals surface area contributed by atoms with Crippen LogP contribution < -0.4 is 0 Å². The van der Waals surface area contributed by atoms with Crippen molar-refractivity contribution in [3.8, 4) is 56.3 Å². The molecule has 51 heavy (non-hydrogen) atoms. The number of pyridine rings is 1. The number of nitrogens with zero attached hydrogens (tertiary/aromatic N) is 3. The zero-order chi connectivity index (χ0) is 33.7. The highest BCUT2D eigenvalue weighted by molar-refractivity contribution is 7.26. The van der Waals surface area contributed by atoms with E-state index >= 15 is 0 Å². The molecule has 0 spiro atoms. The SMILES string of the molecule is c1ccc(-c2ccc(-c3cc(-c4ccc5sc6c(ccc7c(-c8ccccc8)nc8ccccc8c76)c5c4)nc(-c4ccccc4)n3)cc2)cc1. The molecule has 7 aromatic carbocycles. The van der Waals surface area contributed by atoms with E-state index in [9.17, 15) is 0 Å². The van der Waals surface area contributed by atoms with Gasteiger partial charge in [-0.15, -0.1) is 11.3 Å². The molecule has 0 amide bonds. The molecule has 0 aliphatic heterocycles. The number of para-hydroxylation sites is 1. The van der Waals surface area contributed by atoms with Gasteiger partial charge in [-0.1, -0.05) is 152 Å². The third-order valence-electron chi connectivity index (χ3n) is 9.69. The standard InChI is InChI=1S/C47H29N3S/c1-4-12-30(13-5-1)31-20-22-32(23-21-31)41-29-42(50-47(49-41)34-16-8-3-9-17-34)35-24-27-43-39(28-35)36-25-26-38-44(46(36)51-43)37-18-10-11-19-40(37)48-45(38)33-14-6-2-7-15-33/h1-29H. The Hall–Kier alpha value is -6.49. The van der Waals surface area contributed by atoms with Crippen LogP contribution in [0.25, 0.3) is 98.1 Å². The Kier molecular flexibility index (Phi) is 7.00. The third kappa shape index (κ3) is 5.16. The maximum atomic E-state index is 5.17. The van der Waals surface area contributed by atoms with Gasteiger partial charge in [0.05, 0.1) is 22.6 Å². The van der Waals surface area contributed by atoms with Gasteiger partial charge in [0.1, 0.15) is 0 Å². The zero-order valence-electron chi connectivity index (χ0n) is 27.5. The van der Waals surface area contributed by atoms with Crippen LogP contribution in [0.4, 0.5) is 0 Å². The number of hydrogen-bond donors (Lipinski definition) is 0. The first-order valence-electron chi connectivity index (χ1n) is 17.1. The van der Waals surface area contributed by atoms with Crippen molar-refractivity contribution in [2.45, 2.75) is 0 Å². The molecular formula is C47H29N3S. The van der Waals surface area contributed by atoms with Crippen LogP contribution >= 0.6 is 11.3 Å². The average Bonchev–Trinajstić information content (AvgIpc) is 3.59. The molecule has 238 valence electrons. The van der Waals surface area contributed by atoms with Gasteiger partial charge in [0.25, 0.3) is 0 Å². The highest BCUT2D eigenvalue weighted by atomic mass is 32.1. The Bertz CT molecular complexity index is 2880. The van der Waals surface area contributed by atoms with Crippen molar-refractivity contribution in [1.82, 2.24) is 15.0 Å². The molecule has 0 unspecified atom stereocenters. The van der Waals surface area contributed by atoms with E-state index in [2.05, 4.69) is 152 Å². The summed E-state index contributed by atoms with van der Waals surface area (Å²) in [4.78, 5) is 15.4. The predicted octanol–water partition coefficient (Wildman–Crippen LogP) is 12.9. The summed E-state index contributed by atoms with van der Waals surface area (Å²) in [6, 6.07) is 61.8. The second-order valence-corrected chi connectivity index (χ2v) is 13.8. The van der Waals surface area contributed by atoms with Crippen LogP contribution in [0, 0.1) is 0 Å². The van der Waals surface area contributed by atoms with Gasteiger partial charge >= 0.3 is 0 Å². The summed E-state index contributed by atoms with van der Waals surface area (Å²) in [5.74, 6) is 0.712. The quantitative estimate of drug-likeness (QED) is 0.171. The molecule has 10 aromatic rings. The van der Waals surface area contributed by atoms with E-state index in [1.807, 2.05) is 35.6 Å². The molecule has 0 saturated heterocycles. The van der Waals surface area contributed by atoms with Crippen molar-refractivity contribution < 1.29 is 0 Å². The Balaban J connectivity index is 1.15. The van der Waals surface area contributed by atoms with E-state index in [4.69, 9.17) is 15.0 Å². The highest BCUT2D eigenvalue weighted by Gasteiger charge is 2.17. The first-order valence-corrected chi connectivity index (χ1v) is 17.9. The molecule has 3 heterocycles. The van der Waals surface area contributed by atoms with Gasteiger partial charge < -0.3 is 0 Å². The third-order valence-corrected chi connectivity index (χ3v) is 10.9. The van der Waals surface area contributed by atoms with E-state index in [0.717, 1.165) is 44.9 Å². The lowest BCUT2D eigenvalue weighted by Gasteiger charge is -2.11. The molecule has 0 saturated carbocycles. The van der Waals surface area contributed by atoms with Crippen molar-refractivity contribution in [3.05, 3.63) is 176 Å². The molecule has 0 N–H and O–H groups in total. The fourth-order valence-electron chi connectivity index (χ4n) is 7.17. The molecular weight excluding hydrogens is 639 g/mol. The molecule has 3 nitrogen and oxygen atoms in total. The van der Waals surface area contributed by atoms with Crippen LogP contribution in [0.1, 0.15) is 0 Å². The van der Waals surface area contributed by atoms with E-state index in [1.54, 1.807) is 0 Å². The van der Waals surface area contributed by atoms with E-state index in [1.165, 1.54) is 47.5 Å². The van der Waals surface area contributed by atoms with Crippen LogP contribution in [0.5, 0.6) is 0 Å². The lowest BCUT2D eigenvalue weighted by Crippen LogP contribution is -1.96. The number of fused-ring (bicyclic) bond motifs is 7. The largest absolute Gasteiger partial charge is 0.247 e. The Morgan fingerprint density at radius 2 is 0.922 bits per heavy atom. The first-order chi connectivity index (χ1) is 25.3. The number of benzene rings is 7. The molecule has 0 atom stereocenters. The zero-order valence-corrected chi connectivity index (χ0v) is 28.3. The van der Waals surface area contributed by atoms with Gasteiger partial charge in [0.15, 0.2) is 5.82 Å². The monoisotopic (exact) mass is 667 g/mol. The van der Waals surface area contributed by atoms with Crippen molar-refractivity contribution in [2.75, 3.05) is 0 Å². The summed E-state index contributed by atoms with van der Waals surface area (Å²) in [5, 5.41) is 6.08. The number of thiophene rings is 1. The van der Waals surface area contributed by atoms with Gasteiger partial charge in [0, 0.05) is 58.6 Å². The minimum absolute atomic E-state index is 0.712. The maximum Gasteiger partial charge on any atom is 0.160 e. The molecule has 4 heteroatoms. The number of aromatic nitrogens is 3. The maximum absolute atomic E-state index is 5.17. The fourth-order valence-corrected chi connectivity index (χ4v) is 8.41. The minimum Gasteiger partial charge on any atom is -0.247 e. The van der Waals surface area contributed by atoms with Crippen LogP contribution in [0.3, 0.4) is 0 Å². The van der Waals surface area contributed by atoms with Crippen molar-refractivity contribution in [1.29, 1.82) is 0 Å².